The number of primary amides is 1. The quantitative estimate of drug-likeness (QED) is 0.562. The molecule has 1 aromatic heterocycles. The van der Waals surface area contributed by atoms with Crippen LogP contribution in [0.5, 0.6) is 0 Å². The number of nitrogens with two attached hydrogens (primary N) is 1. The van der Waals surface area contributed by atoms with Crippen LogP contribution in [0.1, 0.15) is 18.4 Å². The Morgan fingerprint density at radius 2 is 1.86 bits per heavy atom. The lowest BCUT2D eigenvalue weighted by atomic mass is 10.2. The monoisotopic (exact) mass is 456 g/mol. The van der Waals surface area contributed by atoms with E-state index in [2.05, 4.69) is 20.9 Å². The Bertz CT molecular complexity index is 1080. The van der Waals surface area contributed by atoms with Gasteiger partial charge in [0, 0.05) is 36.9 Å². The molecule has 29 heavy (non-hydrogen) atoms. The summed E-state index contributed by atoms with van der Waals surface area (Å²) in [5, 5.41) is 0.490. The average Bonchev–Trinajstić information content (AvgIpc) is 2.71. The summed E-state index contributed by atoms with van der Waals surface area (Å²) < 4.78 is 2.22. The molecular formula is C21H21BrN4O3. The van der Waals surface area contributed by atoms with E-state index in [1.165, 1.54) is 10.9 Å². The largest absolute Gasteiger partial charge is 0.370 e. The van der Waals surface area contributed by atoms with Crippen molar-refractivity contribution in [1.29, 1.82) is 0 Å². The van der Waals surface area contributed by atoms with Gasteiger partial charge in [-0.2, -0.15) is 0 Å². The smallest absolute Gasteiger partial charge is 0.261 e. The summed E-state index contributed by atoms with van der Waals surface area (Å²) in [6.45, 7) is 0.820. The Morgan fingerprint density at radius 1 is 1.10 bits per heavy atom. The zero-order valence-corrected chi connectivity index (χ0v) is 17.3. The Hall–Kier alpha value is -3.00. The van der Waals surface area contributed by atoms with Crippen molar-refractivity contribution in [2.24, 2.45) is 5.73 Å². The van der Waals surface area contributed by atoms with Crippen LogP contribution < -0.4 is 11.3 Å². The number of amides is 2. The summed E-state index contributed by atoms with van der Waals surface area (Å²) in [5.41, 5.74) is 6.61. The summed E-state index contributed by atoms with van der Waals surface area (Å²) >= 11 is 3.36. The SMILES string of the molecule is NC(=O)CCN(Cc1ccccc1)C(=O)CCn1cnc2ccc(Br)cc2c1=O. The van der Waals surface area contributed by atoms with Crippen LogP contribution in [0.2, 0.25) is 0 Å². The van der Waals surface area contributed by atoms with Gasteiger partial charge in [0.1, 0.15) is 0 Å². The Labute approximate surface area is 176 Å². The molecule has 150 valence electrons. The molecule has 0 saturated heterocycles. The van der Waals surface area contributed by atoms with Crippen LogP contribution >= 0.6 is 15.9 Å². The third-order valence-electron chi connectivity index (χ3n) is 4.55. The molecule has 0 spiro atoms. The van der Waals surface area contributed by atoms with Crippen LogP contribution in [0.3, 0.4) is 0 Å². The van der Waals surface area contributed by atoms with Gasteiger partial charge >= 0.3 is 0 Å². The van der Waals surface area contributed by atoms with Gasteiger partial charge in [-0.25, -0.2) is 4.98 Å². The number of carbonyl (C=O) groups excluding carboxylic acids is 2. The molecule has 2 N–H and O–H groups in total. The fourth-order valence-corrected chi connectivity index (χ4v) is 3.37. The third-order valence-corrected chi connectivity index (χ3v) is 5.04. The van der Waals surface area contributed by atoms with Crippen molar-refractivity contribution in [2.75, 3.05) is 6.54 Å². The standard InChI is InChI=1S/C21H21BrN4O3/c22-16-6-7-18-17(12-16)21(29)26(14-24-18)11-9-20(28)25(10-8-19(23)27)13-15-4-2-1-3-5-15/h1-7,12,14H,8-11,13H2,(H2,23,27). The molecule has 0 radical (unpaired) electrons. The number of hydrogen-bond donors (Lipinski definition) is 1. The molecule has 0 bridgehead atoms. The lowest BCUT2D eigenvalue weighted by Crippen LogP contribution is -2.35. The van der Waals surface area contributed by atoms with Crippen molar-refractivity contribution >= 4 is 38.6 Å². The summed E-state index contributed by atoms with van der Waals surface area (Å²) in [5.74, 6) is -0.618. The van der Waals surface area contributed by atoms with E-state index in [1.807, 2.05) is 36.4 Å². The molecule has 0 aliphatic heterocycles. The van der Waals surface area contributed by atoms with Crippen molar-refractivity contribution < 1.29 is 9.59 Å². The van der Waals surface area contributed by atoms with E-state index in [0.29, 0.717) is 17.4 Å². The van der Waals surface area contributed by atoms with Gasteiger partial charge in [-0.05, 0) is 23.8 Å². The number of rotatable bonds is 8. The number of aryl methyl sites for hydroxylation is 1. The number of aromatic nitrogens is 2. The molecular weight excluding hydrogens is 436 g/mol. The average molecular weight is 457 g/mol. The van der Waals surface area contributed by atoms with E-state index in [-0.39, 0.29) is 37.4 Å². The van der Waals surface area contributed by atoms with Gasteiger partial charge in [0.2, 0.25) is 11.8 Å². The molecule has 0 unspecified atom stereocenters. The zero-order valence-electron chi connectivity index (χ0n) is 15.8. The number of benzene rings is 2. The third kappa shape index (κ3) is 5.51. The van der Waals surface area contributed by atoms with Crippen LogP contribution in [0.15, 0.2) is 64.1 Å². The minimum Gasteiger partial charge on any atom is -0.370 e. The second-order valence-electron chi connectivity index (χ2n) is 6.67. The van der Waals surface area contributed by atoms with Crippen LogP contribution in [0.25, 0.3) is 10.9 Å². The maximum absolute atomic E-state index is 12.8. The highest BCUT2D eigenvalue weighted by Crippen LogP contribution is 2.15. The van der Waals surface area contributed by atoms with Crippen molar-refractivity contribution in [2.45, 2.75) is 25.9 Å². The highest BCUT2D eigenvalue weighted by atomic mass is 79.9. The molecule has 2 amide bonds. The second kappa shape index (κ2) is 9.47. The van der Waals surface area contributed by atoms with E-state index in [9.17, 15) is 14.4 Å². The van der Waals surface area contributed by atoms with Crippen LogP contribution in [0.4, 0.5) is 0 Å². The first-order valence-electron chi connectivity index (χ1n) is 9.19. The van der Waals surface area contributed by atoms with E-state index in [4.69, 9.17) is 5.73 Å². The normalized spacial score (nSPS) is 10.8. The molecule has 2 aromatic carbocycles. The molecule has 0 atom stereocenters. The zero-order chi connectivity index (χ0) is 20.8. The van der Waals surface area contributed by atoms with E-state index in [1.54, 1.807) is 17.0 Å². The predicted molar refractivity (Wildman–Crippen MR) is 114 cm³/mol. The predicted octanol–water partition coefficient (Wildman–Crippen LogP) is 2.45. The van der Waals surface area contributed by atoms with Crippen molar-refractivity contribution in [3.63, 3.8) is 0 Å². The molecule has 0 aliphatic rings. The minimum absolute atomic E-state index is 0.0874. The van der Waals surface area contributed by atoms with Gasteiger partial charge in [-0.1, -0.05) is 46.3 Å². The van der Waals surface area contributed by atoms with Crippen molar-refractivity contribution in [3.05, 3.63) is 75.2 Å². The van der Waals surface area contributed by atoms with Gasteiger partial charge in [0.25, 0.3) is 5.56 Å². The fourth-order valence-electron chi connectivity index (χ4n) is 3.01. The van der Waals surface area contributed by atoms with Crippen molar-refractivity contribution in [3.8, 4) is 0 Å². The Balaban J connectivity index is 1.73. The highest BCUT2D eigenvalue weighted by molar-refractivity contribution is 9.10. The number of fused-ring (bicyclic) bond motifs is 1. The topological polar surface area (TPSA) is 98.3 Å². The molecule has 1 heterocycles. The van der Waals surface area contributed by atoms with Gasteiger partial charge in [0.05, 0.1) is 17.2 Å². The summed E-state index contributed by atoms with van der Waals surface area (Å²) in [4.78, 5) is 42.5. The lowest BCUT2D eigenvalue weighted by Gasteiger charge is -2.22. The first kappa shape index (κ1) is 20.7. The van der Waals surface area contributed by atoms with Gasteiger partial charge < -0.3 is 10.6 Å². The number of carbonyl (C=O) groups is 2. The van der Waals surface area contributed by atoms with Gasteiger partial charge in [-0.3, -0.25) is 19.0 Å². The lowest BCUT2D eigenvalue weighted by molar-refractivity contribution is -0.132. The molecule has 0 aliphatic carbocycles. The molecule has 8 heteroatoms. The first-order valence-corrected chi connectivity index (χ1v) is 9.98. The molecule has 0 saturated carbocycles. The molecule has 3 aromatic rings. The van der Waals surface area contributed by atoms with E-state index in [0.717, 1.165) is 10.0 Å². The summed E-state index contributed by atoms with van der Waals surface area (Å²) in [6.07, 6.45) is 1.66. The summed E-state index contributed by atoms with van der Waals surface area (Å²) in [6, 6.07) is 14.8. The van der Waals surface area contributed by atoms with Gasteiger partial charge in [-0.15, -0.1) is 0 Å². The second-order valence-corrected chi connectivity index (χ2v) is 7.59. The van der Waals surface area contributed by atoms with Crippen LogP contribution in [0, 0.1) is 0 Å². The maximum Gasteiger partial charge on any atom is 0.261 e. The van der Waals surface area contributed by atoms with Crippen molar-refractivity contribution in [1.82, 2.24) is 14.5 Å². The Kier molecular flexibility index (Phi) is 6.77. The Morgan fingerprint density at radius 3 is 2.59 bits per heavy atom. The van der Waals surface area contributed by atoms with E-state index >= 15 is 0 Å². The first-order chi connectivity index (χ1) is 13.9. The number of nitrogens with zero attached hydrogens (tertiary/aromatic N) is 3. The fraction of sp³-hybridized carbons (Fsp3) is 0.238. The van der Waals surface area contributed by atoms with Crippen LogP contribution in [-0.4, -0.2) is 32.8 Å². The molecule has 3 rings (SSSR count). The molecule has 0 fully saturated rings. The maximum atomic E-state index is 12.8. The number of hydrogen-bond acceptors (Lipinski definition) is 4. The van der Waals surface area contributed by atoms with Gasteiger partial charge in [0.15, 0.2) is 0 Å². The number of halogens is 1. The van der Waals surface area contributed by atoms with Crippen LogP contribution in [-0.2, 0) is 22.7 Å². The highest BCUT2D eigenvalue weighted by Gasteiger charge is 2.16. The van der Waals surface area contributed by atoms with E-state index < -0.39 is 5.91 Å². The minimum atomic E-state index is -0.462. The summed E-state index contributed by atoms with van der Waals surface area (Å²) in [7, 11) is 0. The molecule has 7 nitrogen and oxygen atoms in total.